The second-order valence-corrected chi connectivity index (χ2v) is 5.96. The number of carbonyl (C=O) groups is 1. The van der Waals surface area contributed by atoms with Crippen molar-refractivity contribution < 1.29 is 9.53 Å². The van der Waals surface area contributed by atoms with E-state index >= 15 is 0 Å². The van der Waals surface area contributed by atoms with Gasteiger partial charge in [-0.15, -0.1) is 0 Å². The van der Waals surface area contributed by atoms with Gasteiger partial charge in [-0.2, -0.15) is 0 Å². The van der Waals surface area contributed by atoms with Gasteiger partial charge in [0.05, 0.1) is 7.11 Å². The highest BCUT2D eigenvalue weighted by Crippen LogP contribution is 2.33. The Morgan fingerprint density at radius 3 is 3.00 bits per heavy atom. The van der Waals surface area contributed by atoms with E-state index in [0.29, 0.717) is 11.6 Å². The number of carbonyl (C=O) groups excluding carboxylic acids is 1. The first-order valence-corrected chi connectivity index (χ1v) is 8.08. The molecule has 1 aliphatic rings. The molecular formula is C19H22N2O2. The minimum atomic E-state index is 0.377. The summed E-state index contributed by atoms with van der Waals surface area (Å²) in [5.41, 5.74) is 3.02. The van der Waals surface area contributed by atoms with E-state index in [-0.39, 0.29) is 0 Å². The fraction of sp³-hybridized carbons (Fsp3) is 0.368. The molecule has 120 valence electrons. The highest BCUT2D eigenvalue weighted by molar-refractivity contribution is 5.75. The van der Waals surface area contributed by atoms with Crippen molar-refractivity contribution in [1.82, 2.24) is 9.88 Å². The second kappa shape index (κ2) is 7.38. The van der Waals surface area contributed by atoms with Crippen LogP contribution in [0.3, 0.4) is 0 Å². The molecule has 1 saturated heterocycles. The number of aldehydes is 1. The summed E-state index contributed by atoms with van der Waals surface area (Å²) in [5.74, 6) is 0.839. The number of hydrogen-bond donors (Lipinski definition) is 0. The summed E-state index contributed by atoms with van der Waals surface area (Å²) < 4.78 is 5.47. The Morgan fingerprint density at radius 2 is 2.26 bits per heavy atom. The molecule has 3 rings (SSSR count). The Labute approximate surface area is 137 Å². The molecule has 0 amide bonds. The monoisotopic (exact) mass is 310 g/mol. The minimum Gasteiger partial charge on any atom is -0.496 e. The standard InChI is InChI=1S/C19H22N2O2/c1-23-19-8-7-15(14-22)11-17(19)13-21-10-3-2-6-18(21)16-5-4-9-20-12-16/h4-5,7-9,11-12,14,18H,2-3,6,10,13H2,1H3/t18-/m1/s1. The third-order valence-electron chi connectivity index (χ3n) is 4.50. The highest BCUT2D eigenvalue weighted by atomic mass is 16.5. The molecule has 2 heterocycles. The fourth-order valence-corrected chi connectivity index (χ4v) is 3.34. The van der Waals surface area contributed by atoms with Crippen molar-refractivity contribution in [3.63, 3.8) is 0 Å². The number of nitrogens with zero attached hydrogens (tertiary/aromatic N) is 2. The Balaban J connectivity index is 1.86. The van der Waals surface area contributed by atoms with Gasteiger partial charge in [0, 0.05) is 36.1 Å². The Hall–Kier alpha value is -2.20. The van der Waals surface area contributed by atoms with Crippen LogP contribution in [0.25, 0.3) is 0 Å². The number of aromatic nitrogens is 1. The van der Waals surface area contributed by atoms with E-state index < -0.39 is 0 Å². The zero-order chi connectivity index (χ0) is 16.1. The van der Waals surface area contributed by atoms with Crippen molar-refractivity contribution in [2.24, 2.45) is 0 Å². The molecule has 1 aliphatic heterocycles. The van der Waals surface area contributed by atoms with Gasteiger partial charge in [-0.3, -0.25) is 14.7 Å². The normalized spacial score (nSPS) is 18.6. The predicted octanol–water partition coefficient (Wildman–Crippen LogP) is 3.63. The van der Waals surface area contributed by atoms with Crippen molar-refractivity contribution in [3.8, 4) is 5.75 Å². The third kappa shape index (κ3) is 3.59. The van der Waals surface area contributed by atoms with Crippen LogP contribution in [0.4, 0.5) is 0 Å². The summed E-state index contributed by atoms with van der Waals surface area (Å²) in [6.07, 6.45) is 8.24. The maximum absolute atomic E-state index is 11.1. The van der Waals surface area contributed by atoms with E-state index in [1.165, 1.54) is 18.4 Å². The van der Waals surface area contributed by atoms with Crippen molar-refractivity contribution in [3.05, 3.63) is 59.4 Å². The summed E-state index contributed by atoms with van der Waals surface area (Å²) in [7, 11) is 1.67. The molecule has 1 atom stereocenters. The molecule has 0 radical (unpaired) electrons. The first-order valence-electron chi connectivity index (χ1n) is 8.08. The lowest BCUT2D eigenvalue weighted by atomic mass is 9.95. The number of likely N-dealkylation sites (tertiary alicyclic amines) is 1. The van der Waals surface area contributed by atoms with E-state index in [9.17, 15) is 4.79 Å². The molecule has 1 fully saturated rings. The van der Waals surface area contributed by atoms with E-state index in [0.717, 1.165) is 37.1 Å². The van der Waals surface area contributed by atoms with Gasteiger partial charge in [-0.1, -0.05) is 12.5 Å². The van der Waals surface area contributed by atoms with Gasteiger partial charge in [0.1, 0.15) is 12.0 Å². The highest BCUT2D eigenvalue weighted by Gasteiger charge is 2.25. The largest absolute Gasteiger partial charge is 0.496 e. The van der Waals surface area contributed by atoms with Crippen molar-refractivity contribution in [1.29, 1.82) is 0 Å². The van der Waals surface area contributed by atoms with Crippen LogP contribution in [-0.2, 0) is 6.54 Å². The lowest BCUT2D eigenvalue weighted by Gasteiger charge is -2.36. The maximum atomic E-state index is 11.1. The van der Waals surface area contributed by atoms with Gasteiger partial charge in [0.2, 0.25) is 0 Å². The molecular weight excluding hydrogens is 288 g/mol. The van der Waals surface area contributed by atoms with Crippen LogP contribution in [0.2, 0.25) is 0 Å². The van der Waals surface area contributed by atoms with Gasteiger partial charge in [-0.25, -0.2) is 0 Å². The van der Waals surface area contributed by atoms with Gasteiger partial charge >= 0.3 is 0 Å². The molecule has 23 heavy (non-hydrogen) atoms. The molecule has 4 heteroatoms. The van der Waals surface area contributed by atoms with Gasteiger partial charge in [-0.05, 0) is 49.2 Å². The Morgan fingerprint density at radius 1 is 1.35 bits per heavy atom. The summed E-state index contributed by atoms with van der Waals surface area (Å²) in [5, 5.41) is 0. The average Bonchev–Trinajstić information content (AvgIpc) is 2.63. The molecule has 1 aromatic heterocycles. The molecule has 0 N–H and O–H groups in total. The van der Waals surface area contributed by atoms with Crippen LogP contribution in [-0.4, -0.2) is 29.8 Å². The van der Waals surface area contributed by atoms with E-state index in [4.69, 9.17) is 4.74 Å². The number of methoxy groups -OCH3 is 1. The number of rotatable bonds is 5. The van der Waals surface area contributed by atoms with E-state index in [1.807, 2.05) is 30.6 Å². The number of pyridine rings is 1. The van der Waals surface area contributed by atoms with Crippen molar-refractivity contribution >= 4 is 6.29 Å². The smallest absolute Gasteiger partial charge is 0.150 e. The first-order chi connectivity index (χ1) is 11.3. The Kier molecular flexibility index (Phi) is 5.03. The first kappa shape index (κ1) is 15.7. The number of ether oxygens (including phenoxy) is 1. The maximum Gasteiger partial charge on any atom is 0.150 e. The van der Waals surface area contributed by atoms with Gasteiger partial charge < -0.3 is 4.74 Å². The van der Waals surface area contributed by atoms with Crippen molar-refractivity contribution in [2.75, 3.05) is 13.7 Å². The molecule has 0 spiro atoms. The third-order valence-corrected chi connectivity index (χ3v) is 4.50. The summed E-state index contributed by atoms with van der Waals surface area (Å²) in [6, 6.07) is 10.1. The molecule has 0 bridgehead atoms. The number of piperidine rings is 1. The van der Waals surface area contributed by atoms with Gasteiger partial charge in [0.25, 0.3) is 0 Å². The summed E-state index contributed by atoms with van der Waals surface area (Å²) >= 11 is 0. The fourth-order valence-electron chi connectivity index (χ4n) is 3.34. The summed E-state index contributed by atoms with van der Waals surface area (Å²) in [4.78, 5) is 17.8. The SMILES string of the molecule is COc1ccc(C=O)cc1CN1CCCC[C@@H]1c1cccnc1. The second-order valence-electron chi connectivity index (χ2n) is 5.96. The Bertz CT molecular complexity index is 658. The van der Waals surface area contributed by atoms with E-state index in [2.05, 4.69) is 16.0 Å². The molecule has 4 nitrogen and oxygen atoms in total. The van der Waals surface area contributed by atoms with Crippen LogP contribution in [0.5, 0.6) is 5.75 Å². The average molecular weight is 310 g/mol. The van der Waals surface area contributed by atoms with Crippen LogP contribution in [0, 0.1) is 0 Å². The lowest BCUT2D eigenvalue weighted by Crippen LogP contribution is -2.33. The summed E-state index contributed by atoms with van der Waals surface area (Å²) in [6.45, 7) is 1.83. The molecule has 1 aromatic carbocycles. The van der Waals surface area contributed by atoms with Gasteiger partial charge in [0.15, 0.2) is 0 Å². The zero-order valence-corrected chi connectivity index (χ0v) is 13.4. The molecule has 2 aromatic rings. The molecule has 0 unspecified atom stereocenters. The lowest BCUT2D eigenvalue weighted by molar-refractivity contribution is 0.112. The van der Waals surface area contributed by atoms with E-state index in [1.54, 1.807) is 13.2 Å². The number of hydrogen-bond acceptors (Lipinski definition) is 4. The predicted molar refractivity (Wildman–Crippen MR) is 89.6 cm³/mol. The van der Waals surface area contributed by atoms with Crippen LogP contribution in [0.1, 0.15) is 46.8 Å². The number of benzene rings is 1. The van der Waals surface area contributed by atoms with Crippen LogP contribution < -0.4 is 4.74 Å². The van der Waals surface area contributed by atoms with Crippen molar-refractivity contribution in [2.45, 2.75) is 31.8 Å². The van der Waals surface area contributed by atoms with Crippen LogP contribution in [0.15, 0.2) is 42.7 Å². The van der Waals surface area contributed by atoms with Crippen LogP contribution >= 0.6 is 0 Å². The minimum absolute atomic E-state index is 0.377. The zero-order valence-electron chi connectivity index (χ0n) is 13.4. The topological polar surface area (TPSA) is 42.4 Å². The quantitative estimate of drug-likeness (QED) is 0.791. The molecule has 0 aliphatic carbocycles. The molecule has 0 saturated carbocycles.